The lowest BCUT2D eigenvalue weighted by atomic mass is 10.2. The molecule has 0 aliphatic rings. The SMILES string of the molecule is CNCCCC(=O)N(C)Cc1ccc2nc[nH]c2c1. The minimum atomic E-state index is 0.181. The van der Waals surface area contributed by atoms with Crippen molar-refractivity contribution in [3.05, 3.63) is 30.1 Å². The highest BCUT2D eigenvalue weighted by molar-refractivity contribution is 5.77. The molecule has 0 saturated heterocycles. The van der Waals surface area contributed by atoms with Crippen molar-refractivity contribution in [2.75, 3.05) is 20.6 Å². The third-order valence-electron chi connectivity index (χ3n) is 3.15. The molecule has 102 valence electrons. The third-order valence-corrected chi connectivity index (χ3v) is 3.15. The molecule has 2 N–H and O–H groups in total. The van der Waals surface area contributed by atoms with E-state index < -0.39 is 0 Å². The largest absolute Gasteiger partial charge is 0.345 e. The number of aromatic nitrogens is 2. The Morgan fingerprint density at radius 3 is 3.11 bits per heavy atom. The molecule has 0 aliphatic carbocycles. The summed E-state index contributed by atoms with van der Waals surface area (Å²) in [4.78, 5) is 20.9. The van der Waals surface area contributed by atoms with Gasteiger partial charge < -0.3 is 15.2 Å². The third kappa shape index (κ3) is 3.54. The lowest BCUT2D eigenvalue weighted by Gasteiger charge is -2.17. The van der Waals surface area contributed by atoms with Gasteiger partial charge in [-0.2, -0.15) is 0 Å². The number of hydrogen-bond donors (Lipinski definition) is 2. The van der Waals surface area contributed by atoms with Crippen molar-refractivity contribution in [1.82, 2.24) is 20.2 Å². The molecule has 5 heteroatoms. The summed E-state index contributed by atoms with van der Waals surface area (Å²) in [6.07, 6.45) is 3.14. The zero-order valence-corrected chi connectivity index (χ0v) is 11.4. The zero-order chi connectivity index (χ0) is 13.7. The van der Waals surface area contributed by atoms with Crippen LogP contribution in [-0.4, -0.2) is 41.4 Å². The fraction of sp³-hybridized carbons (Fsp3) is 0.429. The Labute approximate surface area is 113 Å². The molecule has 5 nitrogen and oxygen atoms in total. The summed E-state index contributed by atoms with van der Waals surface area (Å²) in [5.74, 6) is 0.181. The van der Waals surface area contributed by atoms with E-state index in [1.165, 1.54) is 0 Å². The van der Waals surface area contributed by atoms with E-state index >= 15 is 0 Å². The summed E-state index contributed by atoms with van der Waals surface area (Å²) >= 11 is 0. The van der Waals surface area contributed by atoms with E-state index in [0.717, 1.165) is 29.6 Å². The number of benzene rings is 1. The molecule has 1 amide bonds. The lowest BCUT2D eigenvalue weighted by Crippen LogP contribution is -2.26. The Hall–Kier alpha value is -1.88. The molecule has 0 spiro atoms. The van der Waals surface area contributed by atoms with Crippen molar-refractivity contribution in [2.45, 2.75) is 19.4 Å². The zero-order valence-electron chi connectivity index (χ0n) is 11.4. The van der Waals surface area contributed by atoms with Crippen molar-refractivity contribution in [2.24, 2.45) is 0 Å². The van der Waals surface area contributed by atoms with Gasteiger partial charge in [0.25, 0.3) is 0 Å². The Morgan fingerprint density at radius 2 is 2.32 bits per heavy atom. The number of amides is 1. The van der Waals surface area contributed by atoms with Crippen molar-refractivity contribution in [1.29, 1.82) is 0 Å². The van der Waals surface area contributed by atoms with Gasteiger partial charge in [-0.1, -0.05) is 6.07 Å². The molecule has 1 aromatic heterocycles. The van der Waals surface area contributed by atoms with Crippen molar-refractivity contribution in [3.8, 4) is 0 Å². The summed E-state index contributed by atoms with van der Waals surface area (Å²) in [7, 11) is 3.74. The van der Waals surface area contributed by atoms with E-state index in [-0.39, 0.29) is 5.91 Å². The van der Waals surface area contributed by atoms with Crippen LogP contribution in [0, 0.1) is 0 Å². The molecular weight excluding hydrogens is 240 g/mol. The lowest BCUT2D eigenvalue weighted by molar-refractivity contribution is -0.130. The fourth-order valence-electron chi connectivity index (χ4n) is 2.05. The Kier molecular flexibility index (Phi) is 4.52. The van der Waals surface area contributed by atoms with Crippen LogP contribution in [0.3, 0.4) is 0 Å². The van der Waals surface area contributed by atoms with Crippen molar-refractivity contribution in [3.63, 3.8) is 0 Å². The van der Waals surface area contributed by atoms with E-state index in [1.807, 2.05) is 32.3 Å². The maximum absolute atomic E-state index is 11.9. The molecule has 0 bridgehead atoms. The van der Waals surface area contributed by atoms with Crippen LogP contribution in [0.15, 0.2) is 24.5 Å². The van der Waals surface area contributed by atoms with Crippen LogP contribution in [0.4, 0.5) is 0 Å². The molecule has 2 aromatic rings. The van der Waals surface area contributed by atoms with E-state index in [1.54, 1.807) is 11.2 Å². The summed E-state index contributed by atoms with van der Waals surface area (Å²) in [5, 5.41) is 3.05. The highest BCUT2D eigenvalue weighted by atomic mass is 16.2. The molecule has 19 heavy (non-hydrogen) atoms. The Balaban J connectivity index is 1.93. The number of carbonyl (C=O) groups is 1. The van der Waals surface area contributed by atoms with E-state index in [4.69, 9.17) is 0 Å². The first-order valence-corrected chi connectivity index (χ1v) is 6.51. The standard InChI is InChI=1S/C14H20N4O/c1-15-7-3-4-14(19)18(2)9-11-5-6-12-13(8-11)17-10-16-12/h5-6,8,10,15H,3-4,7,9H2,1-2H3,(H,16,17). The minimum Gasteiger partial charge on any atom is -0.345 e. The van der Waals surface area contributed by atoms with Gasteiger partial charge >= 0.3 is 0 Å². The van der Waals surface area contributed by atoms with Gasteiger partial charge in [0.05, 0.1) is 17.4 Å². The average molecular weight is 260 g/mol. The van der Waals surface area contributed by atoms with Crippen LogP contribution in [0.2, 0.25) is 0 Å². The minimum absolute atomic E-state index is 0.181. The van der Waals surface area contributed by atoms with Gasteiger partial charge in [-0.05, 0) is 37.7 Å². The maximum atomic E-state index is 11.9. The number of H-pyrrole nitrogens is 1. The summed E-state index contributed by atoms with van der Waals surface area (Å²) in [6, 6.07) is 6.03. The predicted molar refractivity (Wildman–Crippen MR) is 75.7 cm³/mol. The topological polar surface area (TPSA) is 61.0 Å². The van der Waals surface area contributed by atoms with Gasteiger partial charge in [-0.25, -0.2) is 4.98 Å². The number of nitrogens with zero attached hydrogens (tertiary/aromatic N) is 2. The number of rotatable bonds is 6. The first-order valence-electron chi connectivity index (χ1n) is 6.51. The van der Waals surface area contributed by atoms with E-state index in [0.29, 0.717) is 13.0 Å². The molecule has 0 saturated carbocycles. The van der Waals surface area contributed by atoms with Crippen LogP contribution in [-0.2, 0) is 11.3 Å². The van der Waals surface area contributed by atoms with Crippen LogP contribution in [0.5, 0.6) is 0 Å². The Morgan fingerprint density at radius 1 is 1.47 bits per heavy atom. The molecule has 0 atom stereocenters. The van der Waals surface area contributed by atoms with Gasteiger partial charge in [-0.15, -0.1) is 0 Å². The second kappa shape index (κ2) is 6.33. The molecule has 2 rings (SSSR count). The number of hydrogen-bond acceptors (Lipinski definition) is 3. The van der Waals surface area contributed by atoms with Gasteiger partial charge in [0, 0.05) is 20.0 Å². The number of nitrogens with one attached hydrogen (secondary N) is 2. The number of imidazole rings is 1. The van der Waals surface area contributed by atoms with Gasteiger partial charge in [0.2, 0.25) is 5.91 Å². The van der Waals surface area contributed by atoms with Crippen LogP contribution < -0.4 is 5.32 Å². The average Bonchev–Trinajstić information content (AvgIpc) is 2.86. The van der Waals surface area contributed by atoms with E-state index in [2.05, 4.69) is 15.3 Å². The molecule has 0 radical (unpaired) electrons. The number of carbonyl (C=O) groups excluding carboxylic acids is 1. The summed E-state index contributed by atoms with van der Waals surface area (Å²) in [5.41, 5.74) is 3.07. The molecule has 1 aromatic carbocycles. The Bertz CT molecular complexity index is 549. The molecular formula is C14H20N4O. The van der Waals surface area contributed by atoms with Crippen molar-refractivity contribution >= 4 is 16.9 Å². The van der Waals surface area contributed by atoms with Crippen LogP contribution in [0.25, 0.3) is 11.0 Å². The van der Waals surface area contributed by atoms with Crippen molar-refractivity contribution < 1.29 is 4.79 Å². The first-order chi connectivity index (χ1) is 9.20. The van der Waals surface area contributed by atoms with E-state index in [9.17, 15) is 4.79 Å². The first kappa shape index (κ1) is 13.5. The number of aromatic amines is 1. The highest BCUT2D eigenvalue weighted by Crippen LogP contribution is 2.13. The summed E-state index contributed by atoms with van der Waals surface area (Å²) in [6.45, 7) is 1.51. The monoisotopic (exact) mass is 260 g/mol. The predicted octanol–water partition coefficient (Wildman–Crippen LogP) is 1.52. The normalized spacial score (nSPS) is 10.8. The molecule has 0 unspecified atom stereocenters. The molecule has 0 aliphatic heterocycles. The van der Waals surface area contributed by atoms with Gasteiger partial charge in [0.1, 0.15) is 0 Å². The summed E-state index contributed by atoms with van der Waals surface area (Å²) < 4.78 is 0. The second-order valence-electron chi connectivity index (χ2n) is 4.71. The molecule has 1 heterocycles. The van der Waals surface area contributed by atoms with Gasteiger partial charge in [0.15, 0.2) is 0 Å². The highest BCUT2D eigenvalue weighted by Gasteiger charge is 2.09. The molecule has 0 fully saturated rings. The van der Waals surface area contributed by atoms with Crippen LogP contribution in [0.1, 0.15) is 18.4 Å². The maximum Gasteiger partial charge on any atom is 0.222 e. The second-order valence-corrected chi connectivity index (χ2v) is 4.71. The quantitative estimate of drug-likeness (QED) is 0.774. The van der Waals surface area contributed by atoms with Gasteiger partial charge in [-0.3, -0.25) is 4.79 Å². The van der Waals surface area contributed by atoms with Crippen LogP contribution >= 0.6 is 0 Å². The fourth-order valence-corrected chi connectivity index (χ4v) is 2.05. The smallest absolute Gasteiger partial charge is 0.222 e. The number of fused-ring (bicyclic) bond motifs is 1.